The normalized spacial score (nSPS) is 10.7. The summed E-state index contributed by atoms with van der Waals surface area (Å²) in [7, 11) is 0. The minimum Gasteiger partial charge on any atom is -0.481 e. The molecule has 126 valence electrons. The van der Waals surface area contributed by atoms with Gasteiger partial charge in [-0.3, -0.25) is 9.59 Å². The minimum atomic E-state index is -0.870. The topological polar surface area (TPSA) is 115 Å². The number of aliphatic hydroxyl groups excluding tert-OH is 2. The molecule has 21 heavy (non-hydrogen) atoms. The minimum absolute atomic E-state index is 0.0628. The van der Waals surface area contributed by atoms with Crippen molar-refractivity contribution in [1.82, 2.24) is 0 Å². The molecule has 0 bridgehead atoms. The summed E-state index contributed by atoms with van der Waals surface area (Å²) in [5.41, 5.74) is -0.212. The van der Waals surface area contributed by atoms with Crippen LogP contribution in [0.4, 0.5) is 0 Å². The van der Waals surface area contributed by atoms with Gasteiger partial charge in [0, 0.05) is 18.3 Å². The average molecular weight is 306 g/mol. The summed E-state index contributed by atoms with van der Waals surface area (Å²) >= 11 is 0. The first-order valence-corrected chi connectivity index (χ1v) is 7.52. The van der Waals surface area contributed by atoms with E-state index in [0.717, 1.165) is 25.7 Å². The molecule has 0 aliphatic heterocycles. The van der Waals surface area contributed by atoms with E-state index >= 15 is 0 Å². The van der Waals surface area contributed by atoms with Crippen LogP contribution in [0.2, 0.25) is 0 Å². The smallest absolute Gasteiger partial charge is 0.303 e. The summed E-state index contributed by atoms with van der Waals surface area (Å²) in [5.74, 6) is -1.74. The summed E-state index contributed by atoms with van der Waals surface area (Å²) in [6.45, 7) is 4.36. The highest BCUT2D eigenvalue weighted by molar-refractivity contribution is 5.67. The van der Waals surface area contributed by atoms with Gasteiger partial charge in [-0.05, 0) is 25.7 Å². The van der Waals surface area contributed by atoms with E-state index in [0.29, 0.717) is 12.8 Å². The molecule has 0 amide bonds. The first-order valence-electron chi connectivity index (χ1n) is 7.52. The maximum absolute atomic E-state index is 9.90. The van der Waals surface area contributed by atoms with Gasteiger partial charge in [0.25, 0.3) is 0 Å². The van der Waals surface area contributed by atoms with Crippen LogP contribution in [0.15, 0.2) is 0 Å². The number of hydrogen-bond donors (Lipinski definition) is 4. The van der Waals surface area contributed by atoms with Crippen molar-refractivity contribution in [3.05, 3.63) is 0 Å². The SMILES string of the molecule is CCCCC(CC)(CO)CO.O=C(O)CCCCC(=O)O. The quantitative estimate of drug-likeness (QED) is 0.435. The third-order valence-electron chi connectivity index (χ3n) is 3.51. The predicted molar refractivity (Wildman–Crippen MR) is 80.2 cm³/mol. The first-order chi connectivity index (χ1) is 9.87. The van der Waals surface area contributed by atoms with Crippen molar-refractivity contribution in [1.29, 1.82) is 0 Å². The molecule has 0 unspecified atom stereocenters. The van der Waals surface area contributed by atoms with Crippen LogP contribution in [0, 0.1) is 5.41 Å². The van der Waals surface area contributed by atoms with Crippen LogP contribution in [0.1, 0.15) is 65.2 Å². The van der Waals surface area contributed by atoms with Crippen molar-refractivity contribution >= 4 is 11.9 Å². The first kappa shape index (κ1) is 22.1. The number of aliphatic carboxylic acids is 2. The fraction of sp³-hybridized carbons (Fsp3) is 0.867. The van der Waals surface area contributed by atoms with Gasteiger partial charge < -0.3 is 20.4 Å². The second-order valence-corrected chi connectivity index (χ2v) is 5.27. The van der Waals surface area contributed by atoms with E-state index in [1.165, 1.54) is 0 Å². The van der Waals surface area contributed by atoms with Crippen LogP contribution >= 0.6 is 0 Å². The molecule has 0 fully saturated rings. The molecule has 0 radical (unpaired) electrons. The van der Waals surface area contributed by atoms with E-state index < -0.39 is 11.9 Å². The van der Waals surface area contributed by atoms with Gasteiger partial charge in [0.05, 0.1) is 13.2 Å². The number of carboxylic acids is 2. The van der Waals surface area contributed by atoms with E-state index in [9.17, 15) is 9.59 Å². The van der Waals surface area contributed by atoms with E-state index in [4.69, 9.17) is 20.4 Å². The van der Waals surface area contributed by atoms with E-state index in [1.807, 2.05) is 6.92 Å². The van der Waals surface area contributed by atoms with Crippen molar-refractivity contribution in [2.75, 3.05) is 13.2 Å². The second kappa shape index (κ2) is 13.8. The lowest BCUT2D eigenvalue weighted by Gasteiger charge is -2.27. The Kier molecular flexibility index (Phi) is 14.6. The maximum atomic E-state index is 9.90. The molecule has 6 nitrogen and oxygen atoms in total. The fourth-order valence-electron chi connectivity index (χ4n) is 1.71. The van der Waals surface area contributed by atoms with Gasteiger partial charge in [-0.15, -0.1) is 0 Å². The van der Waals surface area contributed by atoms with Gasteiger partial charge in [-0.25, -0.2) is 0 Å². The zero-order valence-electron chi connectivity index (χ0n) is 13.2. The fourth-order valence-corrected chi connectivity index (χ4v) is 1.71. The van der Waals surface area contributed by atoms with Gasteiger partial charge in [0.15, 0.2) is 0 Å². The molecular weight excluding hydrogens is 276 g/mol. The van der Waals surface area contributed by atoms with Gasteiger partial charge in [-0.1, -0.05) is 26.7 Å². The van der Waals surface area contributed by atoms with Crippen molar-refractivity contribution in [3.8, 4) is 0 Å². The lowest BCUT2D eigenvalue weighted by atomic mass is 9.82. The number of hydrogen-bond acceptors (Lipinski definition) is 4. The van der Waals surface area contributed by atoms with Crippen LogP contribution in [0.5, 0.6) is 0 Å². The molecule has 4 N–H and O–H groups in total. The molecule has 0 aromatic rings. The largest absolute Gasteiger partial charge is 0.481 e. The third-order valence-corrected chi connectivity index (χ3v) is 3.51. The van der Waals surface area contributed by atoms with E-state index in [1.54, 1.807) is 0 Å². The summed E-state index contributed by atoms with van der Waals surface area (Å²) in [4.78, 5) is 19.8. The van der Waals surface area contributed by atoms with Crippen molar-refractivity contribution in [3.63, 3.8) is 0 Å². The highest BCUT2D eigenvalue weighted by Gasteiger charge is 2.25. The standard InChI is InChI=1S/C9H20O2.C6H10O4/c1-3-5-6-9(4-2,7-10)8-11;7-5(8)3-1-2-4-6(9)10/h10-11H,3-8H2,1-2H3;1-4H2,(H,7,8)(H,9,10). The van der Waals surface area contributed by atoms with Crippen LogP contribution in [0.3, 0.4) is 0 Å². The highest BCUT2D eigenvalue weighted by Crippen LogP contribution is 2.27. The summed E-state index contributed by atoms with van der Waals surface area (Å²) in [5, 5.41) is 34.3. The average Bonchev–Trinajstić information content (AvgIpc) is 2.46. The Hall–Kier alpha value is -1.14. The molecule has 0 atom stereocenters. The van der Waals surface area contributed by atoms with Gasteiger partial charge >= 0.3 is 11.9 Å². The number of aliphatic hydroxyl groups is 2. The Morgan fingerprint density at radius 1 is 0.857 bits per heavy atom. The Labute approximate surface area is 126 Å². The molecule has 0 aromatic carbocycles. The number of rotatable bonds is 11. The Bertz CT molecular complexity index is 249. The van der Waals surface area contributed by atoms with Crippen LogP contribution in [-0.4, -0.2) is 45.6 Å². The Morgan fingerprint density at radius 3 is 1.52 bits per heavy atom. The second-order valence-electron chi connectivity index (χ2n) is 5.27. The van der Waals surface area contributed by atoms with Crippen LogP contribution < -0.4 is 0 Å². The summed E-state index contributed by atoms with van der Waals surface area (Å²) in [6.07, 6.45) is 5.04. The zero-order valence-corrected chi connectivity index (χ0v) is 13.2. The van der Waals surface area contributed by atoms with Gasteiger partial charge in [-0.2, -0.15) is 0 Å². The molecule has 0 aliphatic carbocycles. The van der Waals surface area contributed by atoms with Crippen LogP contribution in [0.25, 0.3) is 0 Å². The number of carboxylic acid groups (broad SMARTS) is 2. The Morgan fingerprint density at radius 2 is 1.29 bits per heavy atom. The molecule has 0 saturated carbocycles. The Balaban J connectivity index is 0. The number of carbonyl (C=O) groups is 2. The third kappa shape index (κ3) is 13.6. The van der Waals surface area contributed by atoms with Crippen molar-refractivity contribution in [2.24, 2.45) is 5.41 Å². The zero-order chi connectivity index (χ0) is 16.7. The van der Waals surface area contributed by atoms with E-state index in [-0.39, 0.29) is 31.5 Å². The number of unbranched alkanes of at least 4 members (excludes halogenated alkanes) is 2. The molecule has 0 heterocycles. The summed E-state index contributed by atoms with van der Waals surface area (Å²) in [6, 6.07) is 0. The van der Waals surface area contributed by atoms with Crippen LogP contribution in [-0.2, 0) is 9.59 Å². The maximum Gasteiger partial charge on any atom is 0.303 e. The lowest BCUT2D eigenvalue weighted by Crippen LogP contribution is -2.28. The molecule has 0 aliphatic rings. The molecule has 0 saturated heterocycles. The van der Waals surface area contributed by atoms with Crippen molar-refractivity contribution < 1.29 is 30.0 Å². The molecule has 0 spiro atoms. The van der Waals surface area contributed by atoms with Crippen molar-refractivity contribution in [2.45, 2.75) is 65.2 Å². The monoisotopic (exact) mass is 306 g/mol. The highest BCUT2D eigenvalue weighted by atomic mass is 16.4. The molecular formula is C15H30O6. The predicted octanol–water partition coefficient (Wildman–Crippen LogP) is 2.27. The lowest BCUT2D eigenvalue weighted by molar-refractivity contribution is -0.139. The molecule has 6 heteroatoms. The molecule has 0 aromatic heterocycles. The van der Waals surface area contributed by atoms with Gasteiger partial charge in [0.1, 0.15) is 0 Å². The molecule has 0 rings (SSSR count). The van der Waals surface area contributed by atoms with E-state index in [2.05, 4.69) is 6.92 Å². The van der Waals surface area contributed by atoms with Gasteiger partial charge in [0.2, 0.25) is 0 Å². The summed E-state index contributed by atoms with van der Waals surface area (Å²) < 4.78 is 0.